The molecule has 1 aliphatic rings. The van der Waals surface area contributed by atoms with Gasteiger partial charge in [-0.1, -0.05) is 0 Å². The van der Waals surface area contributed by atoms with Crippen LogP contribution in [0.15, 0.2) is 24.3 Å². The lowest BCUT2D eigenvalue weighted by Crippen LogP contribution is -2.11. The third-order valence-corrected chi connectivity index (χ3v) is 5.67. The Labute approximate surface area is 150 Å². The van der Waals surface area contributed by atoms with Gasteiger partial charge in [0.25, 0.3) is 5.91 Å². The van der Waals surface area contributed by atoms with Crippen LogP contribution in [0.3, 0.4) is 0 Å². The third kappa shape index (κ3) is 2.98. The Morgan fingerprint density at radius 1 is 1.20 bits per heavy atom. The zero-order valence-electron chi connectivity index (χ0n) is 14.4. The summed E-state index contributed by atoms with van der Waals surface area (Å²) in [6.45, 7) is 3.97. The molecule has 0 radical (unpaired) electrons. The molecule has 0 aliphatic heterocycles. The molecule has 2 heterocycles. The zero-order chi connectivity index (χ0) is 17.6. The van der Waals surface area contributed by atoms with Crippen molar-refractivity contribution < 1.29 is 9.53 Å². The quantitative estimate of drug-likeness (QED) is 0.753. The van der Waals surface area contributed by atoms with Crippen LogP contribution in [-0.2, 0) is 0 Å². The number of methoxy groups -OCH3 is 1. The lowest BCUT2D eigenvalue weighted by Gasteiger charge is -2.06. The Hall–Kier alpha value is -2.47. The number of aryl methyl sites for hydroxylation is 2. The highest BCUT2D eigenvalue weighted by atomic mass is 32.1. The minimum atomic E-state index is -0.113. The van der Waals surface area contributed by atoms with E-state index in [2.05, 4.69) is 10.3 Å². The number of ether oxygens (including phenoxy) is 1. The molecule has 0 saturated heterocycles. The van der Waals surface area contributed by atoms with Crippen LogP contribution in [0.4, 0.5) is 5.69 Å². The summed E-state index contributed by atoms with van der Waals surface area (Å²) in [5.74, 6) is 2.07. The van der Waals surface area contributed by atoms with Gasteiger partial charge in [0, 0.05) is 17.0 Å². The van der Waals surface area contributed by atoms with Crippen LogP contribution in [0.25, 0.3) is 10.2 Å². The van der Waals surface area contributed by atoms with Crippen LogP contribution in [0.2, 0.25) is 0 Å². The maximum Gasteiger partial charge on any atom is 0.266 e. The van der Waals surface area contributed by atoms with Gasteiger partial charge in [-0.3, -0.25) is 4.79 Å². The Balaban J connectivity index is 1.66. The largest absolute Gasteiger partial charge is 0.497 e. The van der Waals surface area contributed by atoms with E-state index in [-0.39, 0.29) is 5.91 Å². The molecule has 1 saturated carbocycles. The SMILES string of the molecule is COc1ccc(NC(=O)c2sc3nc(C4CC4)nc(C)c3c2C)cc1. The van der Waals surface area contributed by atoms with Gasteiger partial charge in [0.1, 0.15) is 16.4 Å². The van der Waals surface area contributed by atoms with Crippen molar-refractivity contribution in [1.29, 1.82) is 0 Å². The minimum absolute atomic E-state index is 0.113. The molecule has 2 aromatic heterocycles. The molecule has 1 fully saturated rings. The summed E-state index contributed by atoms with van der Waals surface area (Å²) >= 11 is 1.44. The van der Waals surface area contributed by atoms with Crippen LogP contribution >= 0.6 is 11.3 Å². The Bertz CT molecular complexity index is 959. The highest BCUT2D eigenvalue weighted by Crippen LogP contribution is 2.40. The van der Waals surface area contributed by atoms with E-state index in [9.17, 15) is 4.79 Å². The predicted octanol–water partition coefficient (Wildman–Crippen LogP) is 4.45. The van der Waals surface area contributed by atoms with E-state index in [0.29, 0.717) is 10.8 Å². The molecule has 1 aliphatic carbocycles. The molecular formula is C19H19N3O2S. The highest BCUT2D eigenvalue weighted by Gasteiger charge is 2.28. The first-order chi connectivity index (χ1) is 12.1. The maximum atomic E-state index is 12.7. The summed E-state index contributed by atoms with van der Waals surface area (Å²) in [5.41, 5.74) is 2.65. The van der Waals surface area contributed by atoms with Gasteiger partial charge in [-0.15, -0.1) is 11.3 Å². The molecule has 0 bridgehead atoms. The van der Waals surface area contributed by atoms with Crippen molar-refractivity contribution in [2.75, 3.05) is 12.4 Å². The lowest BCUT2D eigenvalue weighted by molar-refractivity contribution is 0.103. The Kier molecular flexibility index (Phi) is 3.92. The number of thiophene rings is 1. The molecule has 128 valence electrons. The van der Waals surface area contributed by atoms with Crippen molar-refractivity contribution in [3.8, 4) is 5.75 Å². The number of anilines is 1. The van der Waals surface area contributed by atoms with Crippen molar-refractivity contribution in [1.82, 2.24) is 9.97 Å². The van der Waals surface area contributed by atoms with Gasteiger partial charge in [-0.2, -0.15) is 0 Å². The molecule has 25 heavy (non-hydrogen) atoms. The molecule has 5 nitrogen and oxygen atoms in total. The van der Waals surface area contributed by atoms with E-state index in [1.807, 2.05) is 38.1 Å². The fourth-order valence-electron chi connectivity index (χ4n) is 2.96. The second-order valence-electron chi connectivity index (χ2n) is 6.36. The number of hydrogen-bond donors (Lipinski definition) is 1. The van der Waals surface area contributed by atoms with Gasteiger partial charge in [0.05, 0.1) is 17.7 Å². The fourth-order valence-corrected chi connectivity index (χ4v) is 4.10. The smallest absolute Gasteiger partial charge is 0.266 e. The van der Waals surface area contributed by atoms with Crippen LogP contribution in [0.5, 0.6) is 5.75 Å². The van der Waals surface area contributed by atoms with Crippen LogP contribution in [-0.4, -0.2) is 23.0 Å². The Morgan fingerprint density at radius 3 is 2.56 bits per heavy atom. The molecule has 6 heteroatoms. The van der Waals surface area contributed by atoms with Gasteiger partial charge in [0.2, 0.25) is 0 Å². The van der Waals surface area contributed by atoms with E-state index in [1.165, 1.54) is 24.2 Å². The number of amides is 1. The number of carbonyl (C=O) groups is 1. The summed E-state index contributed by atoms with van der Waals surface area (Å²) in [6.07, 6.45) is 2.33. The van der Waals surface area contributed by atoms with Crippen molar-refractivity contribution in [3.05, 3.63) is 46.2 Å². The average Bonchev–Trinajstić information content (AvgIpc) is 3.39. The van der Waals surface area contributed by atoms with E-state index in [4.69, 9.17) is 9.72 Å². The molecule has 0 unspecified atom stereocenters. The van der Waals surface area contributed by atoms with Crippen LogP contribution < -0.4 is 10.1 Å². The fraction of sp³-hybridized carbons (Fsp3) is 0.316. The highest BCUT2D eigenvalue weighted by molar-refractivity contribution is 7.20. The molecule has 4 rings (SSSR count). The van der Waals surface area contributed by atoms with Gasteiger partial charge >= 0.3 is 0 Å². The van der Waals surface area contributed by atoms with Gasteiger partial charge in [-0.05, 0) is 56.5 Å². The van der Waals surface area contributed by atoms with Crippen LogP contribution in [0, 0.1) is 13.8 Å². The normalized spacial score (nSPS) is 13.9. The summed E-state index contributed by atoms with van der Waals surface area (Å²) in [4.78, 5) is 23.7. The van der Waals surface area contributed by atoms with E-state index >= 15 is 0 Å². The van der Waals surface area contributed by atoms with E-state index in [0.717, 1.165) is 38.7 Å². The van der Waals surface area contributed by atoms with Crippen molar-refractivity contribution >= 4 is 33.1 Å². The molecule has 1 aromatic carbocycles. The second-order valence-corrected chi connectivity index (χ2v) is 7.36. The first kappa shape index (κ1) is 16.0. The number of nitrogens with zero attached hydrogens (tertiary/aromatic N) is 2. The first-order valence-corrected chi connectivity index (χ1v) is 9.11. The molecule has 0 atom stereocenters. The summed E-state index contributed by atoms with van der Waals surface area (Å²) in [6, 6.07) is 7.31. The number of rotatable bonds is 4. The number of fused-ring (bicyclic) bond motifs is 1. The molecule has 1 N–H and O–H groups in total. The van der Waals surface area contributed by atoms with Crippen molar-refractivity contribution in [2.45, 2.75) is 32.6 Å². The van der Waals surface area contributed by atoms with E-state index in [1.54, 1.807) is 7.11 Å². The van der Waals surface area contributed by atoms with Crippen molar-refractivity contribution in [3.63, 3.8) is 0 Å². The van der Waals surface area contributed by atoms with Gasteiger partial charge in [0.15, 0.2) is 0 Å². The van der Waals surface area contributed by atoms with E-state index < -0.39 is 0 Å². The molecule has 0 spiro atoms. The second kappa shape index (κ2) is 6.11. The summed E-state index contributed by atoms with van der Waals surface area (Å²) < 4.78 is 5.14. The maximum absolute atomic E-state index is 12.7. The third-order valence-electron chi connectivity index (χ3n) is 4.48. The average molecular weight is 353 g/mol. The zero-order valence-corrected chi connectivity index (χ0v) is 15.2. The Morgan fingerprint density at radius 2 is 1.92 bits per heavy atom. The minimum Gasteiger partial charge on any atom is -0.497 e. The van der Waals surface area contributed by atoms with Gasteiger partial charge < -0.3 is 10.1 Å². The lowest BCUT2D eigenvalue weighted by atomic mass is 10.1. The monoisotopic (exact) mass is 353 g/mol. The number of nitrogens with one attached hydrogen (secondary N) is 1. The van der Waals surface area contributed by atoms with Crippen molar-refractivity contribution in [2.24, 2.45) is 0 Å². The summed E-state index contributed by atoms with van der Waals surface area (Å²) in [5, 5.41) is 3.96. The number of benzene rings is 1. The predicted molar refractivity (Wildman–Crippen MR) is 99.8 cm³/mol. The molecular weight excluding hydrogens is 334 g/mol. The number of aromatic nitrogens is 2. The number of hydrogen-bond acceptors (Lipinski definition) is 5. The van der Waals surface area contributed by atoms with Crippen LogP contribution in [0.1, 0.15) is 45.5 Å². The standard InChI is InChI=1S/C19H19N3O2S/c1-10-15-11(2)20-17(12-4-5-12)22-19(15)25-16(10)18(23)21-13-6-8-14(24-3)9-7-13/h6-9,12H,4-5H2,1-3H3,(H,21,23). The topological polar surface area (TPSA) is 64.1 Å². The van der Waals surface area contributed by atoms with Gasteiger partial charge in [-0.25, -0.2) is 9.97 Å². The summed E-state index contributed by atoms with van der Waals surface area (Å²) in [7, 11) is 1.62. The molecule has 3 aromatic rings. The number of carbonyl (C=O) groups excluding carboxylic acids is 1. The molecule has 1 amide bonds. The first-order valence-electron chi connectivity index (χ1n) is 8.30.